The van der Waals surface area contributed by atoms with Crippen LogP contribution in [0.25, 0.3) is 11.1 Å². The molecule has 0 bridgehead atoms. The molecule has 2 atom stereocenters. The lowest BCUT2D eigenvalue weighted by Crippen LogP contribution is -2.51. The number of hydrogen-bond donors (Lipinski definition) is 2. The van der Waals surface area contributed by atoms with Crippen molar-refractivity contribution >= 4 is 16.1 Å². The predicted octanol–water partition coefficient (Wildman–Crippen LogP) is 4.98. The molecule has 2 aliphatic rings. The molecule has 1 heterocycles. The van der Waals surface area contributed by atoms with Crippen LogP contribution >= 0.6 is 0 Å². The fourth-order valence-electron chi connectivity index (χ4n) is 5.28. The van der Waals surface area contributed by atoms with Gasteiger partial charge in [0.1, 0.15) is 23.3 Å². The Balaban J connectivity index is 1.67. The summed E-state index contributed by atoms with van der Waals surface area (Å²) in [6, 6.07) is -0.323. The van der Waals surface area contributed by atoms with Crippen LogP contribution in [-0.2, 0) is 16.4 Å². The molecule has 214 valence electrons. The SMILES string of the molecule is O=C(NCCCCCF)N1CC2(CC2)[C@H](NS(=O)(=O)CF)[C@@H]1Cc1cc(F)cc(-c2cc(F)cc(F)c2)c1F. The third-order valence-corrected chi connectivity index (χ3v) is 8.24. The van der Waals surface area contributed by atoms with Gasteiger partial charge in [0, 0.05) is 36.2 Å². The molecular weight excluding hydrogens is 548 g/mol. The molecule has 6 nitrogen and oxygen atoms in total. The average Bonchev–Trinajstić information content (AvgIpc) is 3.60. The Bertz CT molecular complexity index is 1300. The molecule has 13 heteroatoms. The van der Waals surface area contributed by atoms with Gasteiger partial charge in [-0.05, 0) is 73.9 Å². The molecule has 2 N–H and O–H groups in total. The topological polar surface area (TPSA) is 78.5 Å². The zero-order valence-electron chi connectivity index (χ0n) is 21.0. The van der Waals surface area contributed by atoms with Crippen molar-refractivity contribution in [3.05, 3.63) is 59.2 Å². The molecule has 1 aliphatic carbocycles. The number of rotatable bonds is 11. The van der Waals surface area contributed by atoms with Crippen molar-refractivity contribution in [3.8, 4) is 11.1 Å². The van der Waals surface area contributed by atoms with Crippen LogP contribution in [0.3, 0.4) is 0 Å². The standard InChI is InChI=1S/C26H29F6N3O3S/c27-6-2-1-3-7-33-25(36)35-14-26(4-5-26)24(34-39(37,38)15-28)22(35)11-17-10-20(31)13-21(23(17)32)16-8-18(29)12-19(30)9-16/h8-10,12-13,22,24,34H,1-7,11,14-15H2,(H,33,36)/t22-,24+/m0/s1. The number of benzene rings is 2. The maximum Gasteiger partial charge on any atom is 0.317 e. The summed E-state index contributed by atoms with van der Waals surface area (Å²) in [6.45, 7) is -0.156. The van der Waals surface area contributed by atoms with Gasteiger partial charge in [0.2, 0.25) is 16.0 Å². The van der Waals surface area contributed by atoms with Gasteiger partial charge in [0.05, 0.1) is 12.7 Å². The van der Waals surface area contributed by atoms with Gasteiger partial charge in [-0.2, -0.15) is 0 Å². The number of hydrogen-bond acceptors (Lipinski definition) is 3. The van der Waals surface area contributed by atoms with Crippen molar-refractivity contribution in [2.45, 2.75) is 50.6 Å². The van der Waals surface area contributed by atoms with E-state index in [-0.39, 0.29) is 30.6 Å². The summed E-state index contributed by atoms with van der Waals surface area (Å²) in [4.78, 5) is 14.5. The number of carbonyl (C=O) groups is 1. The van der Waals surface area contributed by atoms with E-state index in [1.165, 1.54) is 4.90 Å². The molecular formula is C26H29F6N3O3S. The van der Waals surface area contributed by atoms with E-state index in [1.807, 2.05) is 0 Å². The van der Waals surface area contributed by atoms with Crippen LogP contribution in [0.2, 0.25) is 0 Å². The van der Waals surface area contributed by atoms with E-state index in [4.69, 9.17) is 0 Å². The molecule has 2 aromatic carbocycles. The van der Waals surface area contributed by atoms with Crippen LogP contribution in [0.1, 0.15) is 37.7 Å². The van der Waals surface area contributed by atoms with E-state index in [0.717, 1.165) is 24.3 Å². The summed E-state index contributed by atoms with van der Waals surface area (Å²) in [7, 11) is -4.38. The molecule has 0 radical (unpaired) electrons. The minimum absolute atomic E-state index is 0.104. The van der Waals surface area contributed by atoms with Crippen LogP contribution in [-0.4, -0.2) is 57.2 Å². The van der Waals surface area contributed by atoms with E-state index < -0.39 is 75.1 Å². The fourth-order valence-corrected chi connectivity index (χ4v) is 6.14. The van der Waals surface area contributed by atoms with Crippen molar-refractivity contribution in [1.29, 1.82) is 0 Å². The van der Waals surface area contributed by atoms with Gasteiger partial charge in [-0.15, -0.1) is 0 Å². The molecule has 2 fully saturated rings. The number of alkyl halides is 2. The molecule has 39 heavy (non-hydrogen) atoms. The minimum atomic E-state index is -4.38. The number of likely N-dealkylation sites (tertiary alicyclic amines) is 1. The van der Waals surface area contributed by atoms with E-state index in [2.05, 4.69) is 10.0 Å². The van der Waals surface area contributed by atoms with E-state index >= 15 is 4.39 Å². The summed E-state index contributed by atoms with van der Waals surface area (Å²) < 4.78 is 110. The van der Waals surface area contributed by atoms with Gasteiger partial charge in [-0.1, -0.05) is 0 Å². The lowest BCUT2D eigenvalue weighted by molar-refractivity contribution is 0.188. The lowest BCUT2D eigenvalue weighted by Gasteiger charge is -2.29. The average molecular weight is 578 g/mol. The second-order valence-electron chi connectivity index (χ2n) is 10.1. The van der Waals surface area contributed by atoms with Gasteiger partial charge in [-0.3, -0.25) is 4.39 Å². The van der Waals surface area contributed by atoms with Gasteiger partial charge >= 0.3 is 6.03 Å². The van der Waals surface area contributed by atoms with Crippen molar-refractivity contribution in [3.63, 3.8) is 0 Å². The highest BCUT2D eigenvalue weighted by Gasteiger charge is 2.61. The van der Waals surface area contributed by atoms with Gasteiger partial charge in [-0.25, -0.2) is 39.9 Å². The van der Waals surface area contributed by atoms with E-state index in [9.17, 15) is 35.2 Å². The summed E-state index contributed by atoms with van der Waals surface area (Å²) in [6.07, 6.45) is 2.09. The molecule has 0 unspecified atom stereocenters. The summed E-state index contributed by atoms with van der Waals surface area (Å²) in [5, 5.41) is 2.70. The summed E-state index contributed by atoms with van der Waals surface area (Å²) in [5.74, 6) is -3.87. The van der Waals surface area contributed by atoms with Crippen LogP contribution in [0, 0.1) is 28.7 Å². The third kappa shape index (κ3) is 6.68. The first-order valence-corrected chi connectivity index (χ1v) is 14.2. The maximum absolute atomic E-state index is 15.7. The largest absolute Gasteiger partial charge is 0.338 e. The molecule has 2 amide bonds. The number of carbonyl (C=O) groups excluding carboxylic acids is 1. The van der Waals surface area contributed by atoms with Crippen molar-refractivity contribution in [2.75, 3.05) is 25.8 Å². The number of urea groups is 1. The third-order valence-electron chi connectivity index (χ3n) is 7.34. The van der Waals surface area contributed by atoms with Crippen LogP contribution < -0.4 is 10.0 Å². The summed E-state index contributed by atoms with van der Waals surface area (Å²) >= 11 is 0. The number of sulfonamides is 1. The molecule has 1 aliphatic heterocycles. The normalized spacial score (nSPS) is 20.0. The first kappa shape index (κ1) is 29.2. The second kappa shape index (κ2) is 11.7. The van der Waals surface area contributed by atoms with Crippen molar-refractivity contribution in [1.82, 2.24) is 14.9 Å². The molecule has 1 saturated carbocycles. The number of unbranched alkanes of at least 4 members (excludes halogenated alkanes) is 2. The lowest BCUT2D eigenvalue weighted by atomic mass is 9.91. The quantitative estimate of drug-likeness (QED) is 0.292. The van der Waals surface area contributed by atoms with Gasteiger partial charge in [0.25, 0.3) is 0 Å². The summed E-state index contributed by atoms with van der Waals surface area (Å²) in [5.41, 5.74) is -1.60. The zero-order valence-corrected chi connectivity index (χ0v) is 21.8. The minimum Gasteiger partial charge on any atom is -0.338 e. The maximum atomic E-state index is 15.7. The highest BCUT2D eigenvalue weighted by molar-refractivity contribution is 7.89. The molecule has 2 aromatic rings. The van der Waals surface area contributed by atoms with Crippen molar-refractivity contribution < 1.29 is 39.6 Å². The Morgan fingerprint density at radius 3 is 2.23 bits per heavy atom. The molecule has 1 spiro atoms. The first-order chi connectivity index (χ1) is 18.5. The van der Waals surface area contributed by atoms with Crippen LogP contribution in [0.15, 0.2) is 30.3 Å². The molecule has 1 saturated heterocycles. The number of nitrogens with zero attached hydrogens (tertiary/aromatic N) is 1. The smallest absolute Gasteiger partial charge is 0.317 e. The zero-order chi connectivity index (χ0) is 28.4. The second-order valence-corrected chi connectivity index (χ2v) is 11.8. The van der Waals surface area contributed by atoms with E-state index in [0.29, 0.717) is 38.2 Å². The Labute approximate surface area is 222 Å². The fraction of sp³-hybridized carbons (Fsp3) is 0.500. The monoisotopic (exact) mass is 577 g/mol. The Morgan fingerprint density at radius 1 is 0.949 bits per heavy atom. The van der Waals surface area contributed by atoms with Crippen LogP contribution in [0.4, 0.5) is 31.1 Å². The van der Waals surface area contributed by atoms with Crippen LogP contribution in [0.5, 0.6) is 0 Å². The highest BCUT2D eigenvalue weighted by atomic mass is 32.2. The molecule has 0 aromatic heterocycles. The number of halogens is 6. The molecule has 4 rings (SSSR count). The van der Waals surface area contributed by atoms with Gasteiger partial charge < -0.3 is 10.2 Å². The predicted molar refractivity (Wildman–Crippen MR) is 133 cm³/mol. The first-order valence-electron chi connectivity index (χ1n) is 12.6. The number of nitrogens with one attached hydrogen (secondary N) is 2. The van der Waals surface area contributed by atoms with E-state index in [1.54, 1.807) is 0 Å². The number of amides is 2. The Morgan fingerprint density at radius 2 is 1.62 bits per heavy atom. The highest BCUT2D eigenvalue weighted by Crippen LogP contribution is 2.55. The Kier molecular flexibility index (Phi) is 8.79. The van der Waals surface area contributed by atoms with Gasteiger partial charge in [0.15, 0.2) is 0 Å². The Hall–Kier alpha value is -2.80. The van der Waals surface area contributed by atoms with Crippen molar-refractivity contribution in [2.24, 2.45) is 5.41 Å².